The highest BCUT2D eigenvalue weighted by molar-refractivity contribution is 7.17. The molecule has 2 aromatic rings. The minimum Gasteiger partial charge on any atom is -0.366 e. The van der Waals surface area contributed by atoms with E-state index < -0.39 is 23.6 Å². The highest BCUT2D eigenvalue weighted by Crippen LogP contribution is 2.35. The summed E-state index contributed by atoms with van der Waals surface area (Å²) in [6.07, 6.45) is 6.80. The molecule has 32 heavy (non-hydrogen) atoms. The number of aromatic nitrogens is 1. The Morgan fingerprint density at radius 3 is 2.81 bits per heavy atom. The number of Topliss-reactive ketones (excluding diaryl/α,β-unsaturated/α-hetero) is 1. The van der Waals surface area contributed by atoms with Crippen LogP contribution in [0.1, 0.15) is 35.4 Å². The van der Waals surface area contributed by atoms with E-state index in [1.54, 1.807) is 18.5 Å². The Labute approximate surface area is 195 Å². The molecule has 2 aliphatic heterocycles. The van der Waals surface area contributed by atoms with E-state index in [0.717, 1.165) is 36.1 Å². The normalized spacial score (nSPS) is 26.3. The fraction of sp³-hybridized carbons (Fsp3) is 0.478. The number of alkyl halides is 1. The summed E-state index contributed by atoms with van der Waals surface area (Å²) in [6, 6.07) is 6.13. The Morgan fingerprint density at radius 2 is 2.06 bits per heavy atom. The molecule has 0 bridgehead atoms. The molecule has 7 nitrogen and oxygen atoms in total. The monoisotopic (exact) mass is 473 g/mol. The zero-order chi connectivity index (χ0) is 22.2. The van der Waals surface area contributed by atoms with Crippen molar-refractivity contribution in [1.82, 2.24) is 15.2 Å². The van der Waals surface area contributed by atoms with Crippen LogP contribution in [0.2, 0.25) is 0 Å². The summed E-state index contributed by atoms with van der Waals surface area (Å²) in [5.41, 5.74) is 0.941. The number of thiophene rings is 1. The Hall–Kier alpha value is -2.29. The van der Waals surface area contributed by atoms with Crippen LogP contribution in [-0.2, 0) is 14.3 Å². The maximum Gasteiger partial charge on any atom is 0.262 e. The van der Waals surface area contributed by atoms with Gasteiger partial charge < -0.3 is 15.0 Å². The maximum absolute atomic E-state index is 13.6. The van der Waals surface area contributed by atoms with E-state index in [-0.39, 0.29) is 36.7 Å². The topological polar surface area (TPSA) is 88.6 Å². The van der Waals surface area contributed by atoms with E-state index in [0.29, 0.717) is 4.88 Å². The second-order valence-corrected chi connectivity index (χ2v) is 10.2. The molecule has 3 fully saturated rings. The summed E-state index contributed by atoms with van der Waals surface area (Å²) < 4.78 is 5.52. The van der Waals surface area contributed by atoms with Gasteiger partial charge in [-0.25, -0.2) is 0 Å². The van der Waals surface area contributed by atoms with Crippen LogP contribution in [0.25, 0.3) is 10.4 Å². The fourth-order valence-electron chi connectivity index (χ4n) is 5.01. The second-order valence-electron chi connectivity index (χ2n) is 8.59. The number of nitrogens with one attached hydrogen (secondary N) is 1. The van der Waals surface area contributed by atoms with Gasteiger partial charge in [0.1, 0.15) is 24.8 Å². The fourth-order valence-corrected chi connectivity index (χ4v) is 6.27. The lowest BCUT2D eigenvalue weighted by Crippen LogP contribution is -2.54. The lowest BCUT2D eigenvalue weighted by Gasteiger charge is -2.30. The minimum absolute atomic E-state index is 0.0187. The predicted octanol–water partition coefficient (Wildman–Crippen LogP) is 2.88. The first kappa shape index (κ1) is 21.6. The second kappa shape index (κ2) is 8.92. The molecule has 3 aliphatic rings. The Kier molecular flexibility index (Phi) is 6.01. The smallest absolute Gasteiger partial charge is 0.262 e. The van der Waals surface area contributed by atoms with Gasteiger partial charge in [-0.15, -0.1) is 22.9 Å². The van der Waals surface area contributed by atoms with Crippen LogP contribution in [0.5, 0.6) is 0 Å². The van der Waals surface area contributed by atoms with Gasteiger partial charge in [-0.05, 0) is 37.0 Å². The van der Waals surface area contributed by atoms with Crippen LogP contribution in [0.4, 0.5) is 0 Å². The Morgan fingerprint density at radius 1 is 1.25 bits per heavy atom. The molecule has 0 radical (unpaired) electrons. The number of fused-ring (bicyclic) bond motifs is 1. The van der Waals surface area contributed by atoms with Crippen molar-refractivity contribution in [3.05, 3.63) is 41.5 Å². The molecule has 0 aromatic carbocycles. The van der Waals surface area contributed by atoms with Crippen molar-refractivity contribution < 1.29 is 19.1 Å². The quantitative estimate of drug-likeness (QED) is 0.674. The lowest BCUT2D eigenvalue weighted by atomic mass is 9.96. The molecule has 5 rings (SSSR count). The van der Waals surface area contributed by atoms with Crippen LogP contribution >= 0.6 is 22.9 Å². The Bertz CT molecular complexity index is 1020. The first-order valence-corrected chi connectivity index (χ1v) is 12.2. The third-order valence-corrected chi connectivity index (χ3v) is 8.12. The molecule has 1 aliphatic carbocycles. The van der Waals surface area contributed by atoms with Crippen molar-refractivity contribution in [2.45, 2.75) is 49.2 Å². The number of carbonyl (C=O) groups excluding carboxylic acids is 3. The number of nitrogens with zero attached hydrogens (tertiary/aromatic N) is 2. The zero-order valence-corrected chi connectivity index (χ0v) is 19.0. The van der Waals surface area contributed by atoms with Gasteiger partial charge in [-0.2, -0.15) is 0 Å². The number of carbonyl (C=O) groups is 3. The third kappa shape index (κ3) is 3.95. The lowest BCUT2D eigenvalue weighted by molar-refractivity contribution is -0.139. The number of ketones is 1. The van der Waals surface area contributed by atoms with Crippen molar-refractivity contribution in [2.75, 3.05) is 13.2 Å². The van der Waals surface area contributed by atoms with Crippen molar-refractivity contribution in [3.63, 3.8) is 0 Å². The van der Waals surface area contributed by atoms with E-state index in [4.69, 9.17) is 16.3 Å². The predicted molar refractivity (Wildman–Crippen MR) is 121 cm³/mol. The molecule has 2 aromatic heterocycles. The first-order chi connectivity index (χ1) is 15.5. The van der Waals surface area contributed by atoms with Gasteiger partial charge in [0.15, 0.2) is 5.78 Å². The van der Waals surface area contributed by atoms with E-state index in [1.165, 1.54) is 16.2 Å². The average molecular weight is 474 g/mol. The van der Waals surface area contributed by atoms with Gasteiger partial charge in [-0.1, -0.05) is 18.9 Å². The number of halogens is 1. The highest BCUT2D eigenvalue weighted by Gasteiger charge is 2.53. The van der Waals surface area contributed by atoms with Crippen LogP contribution in [-0.4, -0.2) is 64.2 Å². The summed E-state index contributed by atoms with van der Waals surface area (Å²) in [5, 5.41) is 2.57. The highest BCUT2D eigenvalue weighted by atomic mass is 35.5. The summed E-state index contributed by atoms with van der Waals surface area (Å²) in [4.78, 5) is 46.2. The van der Waals surface area contributed by atoms with E-state index in [2.05, 4.69) is 10.3 Å². The number of rotatable bonds is 5. The minimum atomic E-state index is -0.676. The SMILES string of the molecule is O=C(N[C@H](C(=O)N1C[C@H](Cl)[C@H]2OCC(=O)[C@H]21)C1CCCC1)c1ccc(-c2cccnc2)s1. The average Bonchev–Trinajstić information content (AvgIpc) is 3.59. The third-order valence-electron chi connectivity index (χ3n) is 6.61. The molecule has 0 unspecified atom stereocenters. The van der Waals surface area contributed by atoms with Crippen molar-refractivity contribution in [2.24, 2.45) is 5.92 Å². The van der Waals surface area contributed by atoms with Crippen molar-refractivity contribution in [3.8, 4) is 10.4 Å². The molecule has 2 saturated heterocycles. The van der Waals surface area contributed by atoms with Crippen LogP contribution in [0.15, 0.2) is 36.7 Å². The molecular formula is C23H24ClN3O4S. The standard InChI is InChI=1S/C23H24ClN3O4S/c24-15-11-27(20-16(28)12-31-21(15)20)23(30)19(13-4-1-2-5-13)26-22(29)18-8-7-17(32-18)14-6-3-9-25-10-14/h3,6-10,13,15,19-21H,1-2,4-5,11-12H2,(H,26,29)/t15-,19-,20+,21+/m0/s1. The molecule has 0 spiro atoms. The van der Waals surface area contributed by atoms with Gasteiger partial charge >= 0.3 is 0 Å². The van der Waals surface area contributed by atoms with Gasteiger partial charge in [0, 0.05) is 29.4 Å². The number of pyridine rings is 1. The van der Waals surface area contributed by atoms with Gasteiger partial charge in [0.05, 0.1) is 10.3 Å². The number of ether oxygens (including phenoxy) is 1. The number of amides is 2. The van der Waals surface area contributed by atoms with E-state index >= 15 is 0 Å². The summed E-state index contributed by atoms with van der Waals surface area (Å²) >= 11 is 7.75. The molecule has 9 heteroatoms. The first-order valence-electron chi connectivity index (χ1n) is 10.9. The van der Waals surface area contributed by atoms with Crippen LogP contribution < -0.4 is 5.32 Å². The molecule has 168 valence electrons. The number of likely N-dealkylation sites (tertiary alicyclic amines) is 1. The molecule has 1 N–H and O–H groups in total. The van der Waals surface area contributed by atoms with Crippen LogP contribution in [0, 0.1) is 5.92 Å². The molecule has 4 atom stereocenters. The largest absolute Gasteiger partial charge is 0.366 e. The molecule has 4 heterocycles. The summed E-state index contributed by atoms with van der Waals surface area (Å²) in [7, 11) is 0. The molecule has 2 amide bonds. The summed E-state index contributed by atoms with van der Waals surface area (Å²) in [6.45, 7) is 0.236. The molecular weight excluding hydrogens is 450 g/mol. The van der Waals surface area contributed by atoms with Crippen LogP contribution in [0.3, 0.4) is 0 Å². The molecule has 1 saturated carbocycles. The maximum atomic E-state index is 13.6. The van der Waals surface area contributed by atoms with Crippen molar-refractivity contribution >= 4 is 40.5 Å². The van der Waals surface area contributed by atoms with Crippen molar-refractivity contribution in [1.29, 1.82) is 0 Å². The Balaban J connectivity index is 1.36. The summed E-state index contributed by atoms with van der Waals surface area (Å²) in [5.74, 6) is -0.578. The number of hydrogen-bond acceptors (Lipinski definition) is 6. The van der Waals surface area contributed by atoms with Gasteiger partial charge in [0.25, 0.3) is 5.91 Å². The zero-order valence-electron chi connectivity index (χ0n) is 17.4. The van der Waals surface area contributed by atoms with Gasteiger partial charge in [0.2, 0.25) is 5.91 Å². The van der Waals surface area contributed by atoms with E-state index in [9.17, 15) is 14.4 Å². The van der Waals surface area contributed by atoms with Gasteiger partial charge in [-0.3, -0.25) is 19.4 Å². The van der Waals surface area contributed by atoms with E-state index in [1.807, 2.05) is 18.2 Å². The number of hydrogen-bond donors (Lipinski definition) is 1.